The third kappa shape index (κ3) is 3.76. The zero-order valence-electron chi connectivity index (χ0n) is 11.5. The summed E-state index contributed by atoms with van der Waals surface area (Å²) in [6.07, 6.45) is 0. The van der Waals surface area contributed by atoms with Crippen LogP contribution in [0.15, 0.2) is 42.5 Å². The van der Waals surface area contributed by atoms with Crippen molar-refractivity contribution >= 4 is 7.32 Å². The van der Waals surface area contributed by atoms with Crippen molar-refractivity contribution in [2.75, 3.05) is 0 Å². The van der Waals surface area contributed by atoms with Crippen molar-refractivity contribution in [2.24, 2.45) is 0 Å². The van der Waals surface area contributed by atoms with Gasteiger partial charge in [0.2, 0.25) is 0 Å². The quantitative estimate of drug-likeness (QED) is 0.819. The van der Waals surface area contributed by atoms with Gasteiger partial charge in [-0.3, -0.25) is 0 Å². The highest BCUT2D eigenvalue weighted by molar-refractivity contribution is 6.33. The van der Waals surface area contributed by atoms with Crippen LogP contribution >= 0.6 is 0 Å². The van der Waals surface area contributed by atoms with E-state index in [1.807, 2.05) is 56.3 Å². The largest absolute Gasteiger partial charge is 0.707 e. The Bertz CT molecular complexity index is 546. The molecule has 0 bridgehead atoms. The number of hydrogen-bond donors (Lipinski definition) is 2. The first kappa shape index (κ1) is 14.4. The Balaban J connectivity index is 2.10. The number of aryl methyl sites for hydroxylation is 2. The fourth-order valence-electron chi connectivity index (χ4n) is 2.03. The SMILES string of the molecule is Cc1cc(OCc2ccccc2)cc(C)c1OB(O)O. The van der Waals surface area contributed by atoms with Crippen molar-refractivity contribution in [1.82, 2.24) is 0 Å². The summed E-state index contributed by atoms with van der Waals surface area (Å²) in [5, 5.41) is 17.8. The van der Waals surface area contributed by atoms with Crippen molar-refractivity contribution in [3.8, 4) is 11.5 Å². The second kappa shape index (κ2) is 6.46. The molecule has 0 aliphatic rings. The first-order valence-corrected chi connectivity index (χ1v) is 6.37. The maximum atomic E-state index is 8.88. The van der Waals surface area contributed by atoms with E-state index in [0.717, 1.165) is 22.4 Å². The van der Waals surface area contributed by atoms with E-state index in [0.29, 0.717) is 12.4 Å². The molecule has 0 atom stereocenters. The van der Waals surface area contributed by atoms with Gasteiger partial charge in [0.1, 0.15) is 18.1 Å². The van der Waals surface area contributed by atoms with Crippen LogP contribution in [0.25, 0.3) is 0 Å². The number of rotatable bonds is 5. The summed E-state index contributed by atoms with van der Waals surface area (Å²) in [7, 11) is -1.82. The third-order valence-corrected chi connectivity index (χ3v) is 2.91. The van der Waals surface area contributed by atoms with E-state index >= 15 is 0 Å². The van der Waals surface area contributed by atoms with E-state index < -0.39 is 7.32 Å². The highest BCUT2D eigenvalue weighted by atomic mass is 16.6. The molecule has 104 valence electrons. The molecule has 0 saturated carbocycles. The Morgan fingerprint density at radius 1 is 1.00 bits per heavy atom. The smallest absolute Gasteiger partial charge is 0.512 e. The molecule has 0 heterocycles. The van der Waals surface area contributed by atoms with Crippen molar-refractivity contribution in [3.05, 3.63) is 59.2 Å². The predicted octanol–water partition coefficient (Wildman–Crippen LogP) is 2.23. The Labute approximate surface area is 118 Å². The van der Waals surface area contributed by atoms with Crippen LogP contribution in [-0.4, -0.2) is 17.4 Å². The topological polar surface area (TPSA) is 58.9 Å². The van der Waals surface area contributed by atoms with Gasteiger partial charge in [-0.1, -0.05) is 30.3 Å². The maximum absolute atomic E-state index is 8.88. The standard InChI is InChI=1S/C15H17BO4/c1-11-8-14(9-12(2)15(11)20-16(17)18)19-10-13-6-4-3-5-7-13/h3-9,17-18H,10H2,1-2H3. The summed E-state index contributed by atoms with van der Waals surface area (Å²) >= 11 is 0. The van der Waals surface area contributed by atoms with Crippen LogP contribution < -0.4 is 9.39 Å². The lowest BCUT2D eigenvalue weighted by Gasteiger charge is -2.14. The number of benzene rings is 2. The Kier molecular flexibility index (Phi) is 4.66. The van der Waals surface area contributed by atoms with E-state index in [9.17, 15) is 0 Å². The third-order valence-electron chi connectivity index (χ3n) is 2.91. The molecular weight excluding hydrogens is 255 g/mol. The van der Waals surface area contributed by atoms with E-state index in [1.54, 1.807) is 0 Å². The van der Waals surface area contributed by atoms with Crippen LogP contribution in [0.4, 0.5) is 0 Å². The van der Waals surface area contributed by atoms with Gasteiger partial charge < -0.3 is 19.4 Å². The molecule has 5 heteroatoms. The van der Waals surface area contributed by atoms with E-state index in [1.165, 1.54) is 0 Å². The van der Waals surface area contributed by atoms with Gasteiger partial charge in [0, 0.05) is 0 Å². The Morgan fingerprint density at radius 3 is 2.15 bits per heavy atom. The van der Waals surface area contributed by atoms with Gasteiger partial charge in [0.15, 0.2) is 0 Å². The van der Waals surface area contributed by atoms with Gasteiger partial charge in [-0.25, -0.2) is 0 Å². The summed E-state index contributed by atoms with van der Waals surface area (Å²) in [5.41, 5.74) is 2.68. The summed E-state index contributed by atoms with van der Waals surface area (Å²) in [6, 6.07) is 13.5. The first-order chi connectivity index (χ1) is 9.56. The van der Waals surface area contributed by atoms with Crippen molar-refractivity contribution in [1.29, 1.82) is 0 Å². The maximum Gasteiger partial charge on any atom is 0.707 e. The molecule has 4 nitrogen and oxygen atoms in total. The Morgan fingerprint density at radius 2 is 1.60 bits per heavy atom. The number of hydrogen-bond acceptors (Lipinski definition) is 4. The molecular formula is C15H17BO4. The lowest BCUT2D eigenvalue weighted by atomic mass is 10.1. The average molecular weight is 272 g/mol. The summed E-state index contributed by atoms with van der Waals surface area (Å²) in [4.78, 5) is 0. The van der Waals surface area contributed by atoms with Gasteiger partial charge >= 0.3 is 7.32 Å². The number of ether oxygens (including phenoxy) is 1. The molecule has 0 amide bonds. The Hall–Kier alpha value is -1.98. The fraction of sp³-hybridized carbons (Fsp3) is 0.200. The summed E-state index contributed by atoms with van der Waals surface area (Å²) in [6.45, 7) is 4.16. The molecule has 0 aromatic heterocycles. The second-order valence-corrected chi connectivity index (χ2v) is 4.60. The fourth-order valence-corrected chi connectivity index (χ4v) is 2.03. The molecule has 20 heavy (non-hydrogen) atoms. The van der Waals surface area contributed by atoms with E-state index in [2.05, 4.69) is 0 Å². The summed E-state index contributed by atoms with van der Waals surface area (Å²) in [5.74, 6) is 1.19. The first-order valence-electron chi connectivity index (χ1n) is 6.37. The molecule has 2 rings (SSSR count). The minimum Gasteiger partial charge on any atom is -0.512 e. The predicted molar refractivity (Wildman–Crippen MR) is 77.5 cm³/mol. The normalized spacial score (nSPS) is 10.2. The van der Waals surface area contributed by atoms with Crippen LogP contribution in [0.5, 0.6) is 11.5 Å². The van der Waals surface area contributed by atoms with E-state index in [4.69, 9.17) is 19.4 Å². The van der Waals surface area contributed by atoms with Crippen molar-refractivity contribution in [3.63, 3.8) is 0 Å². The zero-order valence-corrected chi connectivity index (χ0v) is 11.5. The molecule has 2 aromatic carbocycles. The molecule has 0 aliphatic heterocycles. The van der Waals surface area contributed by atoms with Gasteiger partial charge in [0.25, 0.3) is 0 Å². The monoisotopic (exact) mass is 272 g/mol. The zero-order chi connectivity index (χ0) is 14.5. The molecule has 0 fully saturated rings. The average Bonchev–Trinajstić information content (AvgIpc) is 2.41. The molecule has 0 saturated heterocycles. The lowest BCUT2D eigenvalue weighted by Crippen LogP contribution is -2.21. The molecule has 0 unspecified atom stereocenters. The van der Waals surface area contributed by atoms with Crippen LogP contribution in [-0.2, 0) is 6.61 Å². The van der Waals surface area contributed by atoms with Gasteiger partial charge in [-0.2, -0.15) is 0 Å². The van der Waals surface area contributed by atoms with Crippen LogP contribution in [0.1, 0.15) is 16.7 Å². The highest BCUT2D eigenvalue weighted by Gasteiger charge is 2.15. The lowest BCUT2D eigenvalue weighted by molar-refractivity contribution is 0.284. The molecule has 2 aromatic rings. The summed E-state index contributed by atoms with van der Waals surface area (Å²) < 4.78 is 10.7. The molecule has 0 aliphatic carbocycles. The molecule has 0 radical (unpaired) electrons. The van der Waals surface area contributed by atoms with Gasteiger partial charge in [-0.05, 0) is 42.7 Å². The van der Waals surface area contributed by atoms with Gasteiger partial charge in [0.05, 0.1) is 0 Å². The molecule has 2 N–H and O–H groups in total. The molecule has 0 spiro atoms. The van der Waals surface area contributed by atoms with Crippen molar-refractivity contribution in [2.45, 2.75) is 20.5 Å². The minimum atomic E-state index is -1.82. The van der Waals surface area contributed by atoms with Crippen LogP contribution in [0.3, 0.4) is 0 Å². The second-order valence-electron chi connectivity index (χ2n) is 4.60. The minimum absolute atomic E-state index is 0.465. The van der Waals surface area contributed by atoms with Crippen molar-refractivity contribution < 1.29 is 19.4 Å². The van der Waals surface area contributed by atoms with Gasteiger partial charge in [-0.15, -0.1) is 0 Å². The van der Waals surface area contributed by atoms with Crippen LogP contribution in [0, 0.1) is 13.8 Å². The highest BCUT2D eigenvalue weighted by Crippen LogP contribution is 2.29. The van der Waals surface area contributed by atoms with E-state index in [-0.39, 0.29) is 0 Å². The van der Waals surface area contributed by atoms with Crippen LogP contribution in [0.2, 0.25) is 0 Å².